The van der Waals surface area contributed by atoms with Crippen molar-refractivity contribution in [3.63, 3.8) is 0 Å². The third-order valence-corrected chi connectivity index (χ3v) is 4.01. The van der Waals surface area contributed by atoms with Crippen molar-refractivity contribution in [3.05, 3.63) is 53.7 Å². The predicted octanol–water partition coefficient (Wildman–Crippen LogP) is 2.67. The van der Waals surface area contributed by atoms with E-state index >= 15 is 0 Å². The molecule has 1 aliphatic heterocycles. The van der Waals surface area contributed by atoms with Gasteiger partial charge >= 0.3 is 0 Å². The van der Waals surface area contributed by atoms with E-state index in [1.807, 2.05) is 0 Å². The lowest BCUT2D eigenvalue weighted by atomic mass is 10.1. The lowest BCUT2D eigenvalue weighted by molar-refractivity contribution is -0.113. The number of rotatable bonds is 4. The minimum atomic E-state index is -0.273. The Morgan fingerprint density at radius 3 is 2.44 bits per heavy atom. The molecule has 1 amide bonds. The maximum atomic E-state index is 12.7. The first-order chi connectivity index (χ1) is 12.0. The quantitative estimate of drug-likeness (QED) is 0.648. The summed E-state index contributed by atoms with van der Waals surface area (Å²) in [7, 11) is 3.05. The van der Waals surface area contributed by atoms with Gasteiger partial charge in [0.15, 0.2) is 16.6 Å². The monoisotopic (exact) mass is 356 g/mol. The van der Waals surface area contributed by atoms with Gasteiger partial charge in [0.05, 0.1) is 19.9 Å². The molecule has 2 aromatic carbocycles. The fraction of sp³-hybridized carbons (Fsp3) is 0.111. The maximum absolute atomic E-state index is 12.7. The van der Waals surface area contributed by atoms with E-state index in [1.54, 1.807) is 49.6 Å². The van der Waals surface area contributed by atoms with Gasteiger partial charge in [-0.2, -0.15) is 0 Å². The second kappa shape index (κ2) is 6.82. The average Bonchev–Trinajstić information content (AvgIpc) is 2.89. The van der Waals surface area contributed by atoms with Crippen LogP contribution < -0.4 is 19.7 Å². The van der Waals surface area contributed by atoms with Crippen molar-refractivity contribution in [1.82, 2.24) is 5.32 Å². The Bertz CT molecular complexity index is 862. The number of nitrogens with zero attached hydrogens (tertiary/aromatic N) is 1. The summed E-state index contributed by atoms with van der Waals surface area (Å²) in [5.41, 5.74) is 1.61. The van der Waals surface area contributed by atoms with E-state index in [1.165, 1.54) is 18.1 Å². The fourth-order valence-corrected chi connectivity index (χ4v) is 2.76. The van der Waals surface area contributed by atoms with Crippen molar-refractivity contribution < 1.29 is 19.4 Å². The van der Waals surface area contributed by atoms with Crippen molar-refractivity contribution in [2.75, 3.05) is 19.1 Å². The number of phenols is 1. The number of benzene rings is 2. The van der Waals surface area contributed by atoms with Crippen molar-refractivity contribution in [3.8, 4) is 17.2 Å². The number of carbonyl (C=O) groups excluding carboxylic acids is 1. The Balaban J connectivity index is 1.88. The number of aromatic hydroxyl groups is 1. The molecule has 2 aromatic rings. The molecule has 25 heavy (non-hydrogen) atoms. The smallest absolute Gasteiger partial charge is 0.281 e. The SMILES string of the molecule is COc1ccc(N2C(=O)/C(=C\c3ccc(OC)c(O)c3)NC2=S)cc1. The number of amides is 1. The molecule has 1 aliphatic rings. The van der Waals surface area contributed by atoms with Gasteiger partial charge in [-0.3, -0.25) is 9.69 Å². The summed E-state index contributed by atoms with van der Waals surface area (Å²) in [4.78, 5) is 14.1. The van der Waals surface area contributed by atoms with Crippen LogP contribution in [-0.4, -0.2) is 30.3 Å². The topological polar surface area (TPSA) is 71.0 Å². The number of hydrogen-bond acceptors (Lipinski definition) is 5. The third kappa shape index (κ3) is 3.27. The van der Waals surface area contributed by atoms with E-state index in [0.717, 1.165) is 0 Å². The number of nitrogens with one attached hydrogen (secondary N) is 1. The van der Waals surface area contributed by atoms with Gasteiger partial charge in [0.1, 0.15) is 11.4 Å². The van der Waals surface area contributed by atoms with Gasteiger partial charge < -0.3 is 19.9 Å². The first-order valence-corrected chi connectivity index (χ1v) is 7.82. The molecule has 0 atom stereocenters. The van der Waals surface area contributed by atoms with Crippen LogP contribution in [0.15, 0.2) is 48.2 Å². The van der Waals surface area contributed by atoms with Crippen LogP contribution in [0.25, 0.3) is 6.08 Å². The Kier molecular flexibility index (Phi) is 4.58. The van der Waals surface area contributed by atoms with Gasteiger partial charge in [-0.05, 0) is 60.3 Å². The Morgan fingerprint density at radius 2 is 1.84 bits per heavy atom. The highest BCUT2D eigenvalue weighted by Crippen LogP contribution is 2.28. The molecular formula is C18H16N2O4S. The maximum Gasteiger partial charge on any atom is 0.281 e. The van der Waals surface area contributed by atoms with Crippen molar-refractivity contribution in [2.45, 2.75) is 0 Å². The van der Waals surface area contributed by atoms with Crippen molar-refractivity contribution in [2.24, 2.45) is 0 Å². The molecule has 0 radical (unpaired) electrons. The summed E-state index contributed by atoms with van der Waals surface area (Å²) in [6, 6.07) is 11.9. The van der Waals surface area contributed by atoms with E-state index in [2.05, 4.69) is 5.32 Å². The first-order valence-electron chi connectivity index (χ1n) is 7.41. The summed E-state index contributed by atoms with van der Waals surface area (Å²) in [5.74, 6) is 0.782. The van der Waals surface area contributed by atoms with Crippen molar-refractivity contribution in [1.29, 1.82) is 0 Å². The van der Waals surface area contributed by atoms with Crippen LogP contribution in [0.1, 0.15) is 5.56 Å². The van der Waals surface area contributed by atoms with Crippen LogP contribution in [0.3, 0.4) is 0 Å². The molecule has 1 saturated heterocycles. The average molecular weight is 356 g/mol. The van der Waals surface area contributed by atoms with Crippen LogP contribution in [-0.2, 0) is 4.79 Å². The highest BCUT2D eigenvalue weighted by molar-refractivity contribution is 7.80. The molecule has 2 N–H and O–H groups in total. The van der Waals surface area contributed by atoms with E-state index in [-0.39, 0.29) is 11.7 Å². The van der Waals surface area contributed by atoms with E-state index in [9.17, 15) is 9.90 Å². The van der Waals surface area contributed by atoms with Crippen molar-refractivity contribution >= 4 is 35.0 Å². The standard InChI is InChI=1S/C18H16N2O4S/c1-23-13-6-4-12(5-7-13)20-17(22)14(19-18(20)25)9-11-3-8-16(24-2)15(21)10-11/h3-10,21H,1-2H3,(H,19,25)/b14-9+. The number of methoxy groups -OCH3 is 2. The number of hydrogen-bond donors (Lipinski definition) is 2. The molecule has 7 heteroatoms. The molecule has 1 fully saturated rings. The second-order valence-electron chi connectivity index (χ2n) is 5.26. The van der Waals surface area contributed by atoms with Crippen LogP contribution in [0, 0.1) is 0 Å². The Morgan fingerprint density at radius 1 is 1.12 bits per heavy atom. The number of phenolic OH excluding ortho intramolecular Hbond substituents is 1. The van der Waals surface area contributed by atoms with Gasteiger partial charge in [0.25, 0.3) is 5.91 Å². The molecule has 1 heterocycles. The lowest BCUT2D eigenvalue weighted by Gasteiger charge is -2.14. The molecule has 0 spiro atoms. The molecule has 0 unspecified atom stereocenters. The number of ether oxygens (including phenoxy) is 2. The molecule has 0 aromatic heterocycles. The molecular weight excluding hydrogens is 340 g/mol. The summed E-state index contributed by atoms with van der Waals surface area (Å²) >= 11 is 5.27. The van der Waals surface area contributed by atoms with Gasteiger partial charge in [0, 0.05) is 0 Å². The number of carbonyl (C=O) groups is 1. The van der Waals surface area contributed by atoms with Gasteiger partial charge in [0.2, 0.25) is 0 Å². The molecule has 0 bridgehead atoms. The highest BCUT2D eigenvalue weighted by atomic mass is 32.1. The summed E-state index contributed by atoms with van der Waals surface area (Å²) < 4.78 is 10.1. The minimum absolute atomic E-state index is 0.00289. The van der Waals surface area contributed by atoms with E-state index in [4.69, 9.17) is 21.7 Å². The van der Waals surface area contributed by atoms with E-state index in [0.29, 0.717) is 33.6 Å². The number of anilines is 1. The third-order valence-electron chi connectivity index (χ3n) is 3.72. The van der Waals surface area contributed by atoms with Crippen LogP contribution >= 0.6 is 12.2 Å². The molecule has 128 valence electrons. The molecule has 6 nitrogen and oxygen atoms in total. The zero-order valence-corrected chi connectivity index (χ0v) is 14.5. The summed E-state index contributed by atoms with van der Waals surface area (Å²) in [6.45, 7) is 0. The Hall–Kier alpha value is -3.06. The Labute approximate surface area is 150 Å². The van der Waals surface area contributed by atoms with Crippen LogP contribution in [0.4, 0.5) is 5.69 Å². The summed E-state index contributed by atoms with van der Waals surface area (Å²) in [5, 5.41) is 13.0. The van der Waals surface area contributed by atoms with Gasteiger partial charge in [-0.15, -0.1) is 0 Å². The second-order valence-corrected chi connectivity index (χ2v) is 5.64. The highest BCUT2D eigenvalue weighted by Gasteiger charge is 2.31. The molecule has 0 aliphatic carbocycles. The van der Waals surface area contributed by atoms with Crippen LogP contribution in [0.5, 0.6) is 17.2 Å². The summed E-state index contributed by atoms with van der Waals surface area (Å²) in [6.07, 6.45) is 1.62. The molecule has 3 rings (SSSR count). The normalized spacial score (nSPS) is 15.4. The number of thiocarbonyl (C=S) groups is 1. The van der Waals surface area contributed by atoms with Crippen LogP contribution in [0.2, 0.25) is 0 Å². The predicted molar refractivity (Wildman–Crippen MR) is 98.8 cm³/mol. The zero-order chi connectivity index (χ0) is 18.0. The lowest BCUT2D eigenvalue weighted by Crippen LogP contribution is -2.30. The largest absolute Gasteiger partial charge is 0.504 e. The van der Waals surface area contributed by atoms with E-state index < -0.39 is 0 Å². The van der Waals surface area contributed by atoms with Gasteiger partial charge in [-0.1, -0.05) is 6.07 Å². The fourth-order valence-electron chi connectivity index (χ4n) is 2.46. The first kappa shape index (κ1) is 16.8. The molecule has 0 saturated carbocycles. The van der Waals surface area contributed by atoms with Gasteiger partial charge in [-0.25, -0.2) is 0 Å². The minimum Gasteiger partial charge on any atom is -0.504 e. The zero-order valence-electron chi connectivity index (χ0n) is 13.6.